The molecule has 0 saturated carbocycles. The van der Waals surface area contributed by atoms with Gasteiger partial charge in [0, 0.05) is 10.0 Å². The van der Waals surface area contributed by atoms with Gasteiger partial charge < -0.3 is 5.21 Å². The van der Waals surface area contributed by atoms with E-state index in [1.807, 2.05) is 0 Å². The Balaban J connectivity index is 3.23. The van der Waals surface area contributed by atoms with Crippen molar-refractivity contribution >= 4 is 44.3 Å². The summed E-state index contributed by atoms with van der Waals surface area (Å²) in [4.78, 5) is 0. The van der Waals surface area contributed by atoms with Gasteiger partial charge in [0.15, 0.2) is 5.17 Å². The largest absolute Gasteiger partial charge is 0.410 e. The average molecular weight is 269 g/mol. The highest BCUT2D eigenvalue weighted by Crippen LogP contribution is 2.22. The van der Waals surface area contributed by atoms with E-state index in [4.69, 9.17) is 28.4 Å². The molecule has 0 unspecified atom stereocenters. The molecule has 64 valence electrons. The van der Waals surface area contributed by atoms with Crippen molar-refractivity contribution in [3.63, 3.8) is 0 Å². The van der Waals surface area contributed by atoms with E-state index in [9.17, 15) is 0 Å². The van der Waals surface area contributed by atoms with Crippen molar-refractivity contribution in [1.29, 1.82) is 0 Å². The predicted octanol–water partition coefficient (Wildman–Crippen LogP) is 3.48. The maximum atomic E-state index is 8.39. The van der Waals surface area contributed by atoms with Crippen LogP contribution in [0.2, 0.25) is 5.02 Å². The first-order chi connectivity index (χ1) is 5.65. The molecule has 0 bridgehead atoms. The van der Waals surface area contributed by atoms with Gasteiger partial charge in [0.25, 0.3) is 0 Å². The van der Waals surface area contributed by atoms with Gasteiger partial charge in [-0.1, -0.05) is 44.3 Å². The van der Waals surface area contributed by atoms with Crippen LogP contribution in [0, 0.1) is 0 Å². The van der Waals surface area contributed by atoms with Gasteiger partial charge >= 0.3 is 0 Å². The predicted molar refractivity (Wildman–Crippen MR) is 53.3 cm³/mol. The van der Waals surface area contributed by atoms with E-state index in [1.54, 1.807) is 18.2 Å². The molecule has 0 radical (unpaired) electrons. The van der Waals surface area contributed by atoms with Crippen molar-refractivity contribution in [3.05, 3.63) is 33.3 Å². The van der Waals surface area contributed by atoms with E-state index in [2.05, 4.69) is 21.1 Å². The van der Waals surface area contributed by atoms with Gasteiger partial charge in [-0.25, -0.2) is 0 Å². The summed E-state index contributed by atoms with van der Waals surface area (Å²) in [5.41, 5.74) is 0.496. The lowest BCUT2D eigenvalue weighted by molar-refractivity contribution is 0.321. The first kappa shape index (κ1) is 9.84. The third-order valence-corrected chi connectivity index (χ3v) is 2.34. The fraction of sp³-hybridized carbons (Fsp3) is 0. The van der Waals surface area contributed by atoms with Crippen LogP contribution in [0.4, 0.5) is 0 Å². The second-order valence-corrected chi connectivity index (χ2v) is 3.70. The summed E-state index contributed by atoms with van der Waals surface area (Å²) >= 11 is 14.6. The molecule has 1 N–H and O–H groups in total. The van der Waals surface area contributed by atoms with Crippen LogP contribution < -0.4 is 0 Å². The normalized spacial score (nSPS) is 11.8. The number of hydrogen-bond donors (Lipinski definition) is 1. The van der Waals surface area contributed by atoms with Gasteiger partial charge in [0.2, 0.25) is 0 Å². The van der Waals surface area contributed by atoms with Gasteiger partial charge in [0.05, 0.1) is 5.02 Å². The van der Waals surface area contributed by atoms with Gasteiger partial charge in [-0.05, 0) is 18.2 Å². The van der Waals surface area contributed by atoms with Crippen LogP contribution in [0.3, 0.4) is 0 Å². The Hall–Kier alpha value is -0.250. The van der Waals surface area contributed by atoms with Crippen molar-refractivity contribution in [2.75, 3.05) is 0 Å². The highest BCUT2D eigenvalue weighted by Gasteiger charge is 2.06. The number of benzene rings is 1. The van der Waals surface area contributed by atoms with Crippen LogP contribution in [0.1, 0.15) is 5.56 Å². The summed E-state index contributed by atoms with van der Waals surface area (Å²) in [6.45, 7) is 0. The van der Waals surface area contributed by atoms with Crippen molar-refractivity contribution in [2.45, 2.75) is 0 Å². The molecule has 5 heteroatoms. The minimum atomic E-state index is -0.0266. The van der Waals surface area contributed by atoms with Crippen LogP contribution in [0.15, 0.2) is 27.8 Å². The molecule has 12 heavy (non-hydrogen) atoms. The lowest BCUT2D eigenvalue weighted by Crippen LogP contribution is -1.91. The summed E-state index contributed by atoms with van der Waals surface area (Å²) in [5, 5.41) is 11.6. The molecule has 0 aliphatic carbocycles. The van der Waals surface area contributed by atoms with Crippen LogP contribution in [0.5, 0.6) is 0 Å². The number of halogens is 3. The zero-order valence-corrected chi connectivity index (χ0v) is 8.86. The number of hydrogen-bond acceptors (Lipinski definition) is 2. The number of oxime groups is 1. The summed E-state index contributed by atoms with van der Waals surface area (Å²) in [7, 11) is 0. The highest BCUT2D eigenvalue weighted by molar-refractivity contribution is 9.10. The van der Waals surface area contributed by atoms with Crippen molar-refractivity contribution < 1.29 is 5.21 Å². The van der Waals surface area contributed by atoms with Crippen molar-refractivity contribution in [3.8, 4) is 0 Å². The van der Waals surface area contributed by atoms with Gasteiger partial charge in [-0.2, -0.15) is 0 Å². The first-order valence-electron chi connectivity index (χ1n) is 2.98. The molecule has 0 saturated heterocycles. The molecule has 1 aromatic rings. The molecule has 1 rings (SSSR count). The van der Waals surface area contributed by atoms with Gasteiger partial charge in [0.1, 0.15) is 0 Å². The van der Waals surface area contributed by atoms with Gasteiger partial charge in [-0.15, -0.1) is 0 Å². The summed E-state index contributed by atoms with van der Waals surface area (Å²) in [6, 6.07) is 5.10. The Bertz CT molecular complexity index is 327. The van der Waals surface area contributed by atoms with Crippen molar-refractivity contribution in [1.82, 2.24) is 0 Å². The monoisotopic (exact) mass is 267 g/mol. The quantitative estimate of drug-likeness (QED) is 0.472. The Morgan fingerprint density at radius 2 is 2.17 bits per heavy atom. The van der Waals surface area contributed by atoms with E-state index >= 15 is 0 Å². The minimum Gasteiger partial charge on any atom is -0.410 e. The van der Waals surface area contributed by atoms with Crippen LogP contribution >= 0.6 is 39.1 Å². The van der Waals surface area contributed by atoms with Crippen LogP contribution in [0.25, 0.3) is 0 Å². The van der Waals surface area contributed by atoms with E-state index in [0.29, 0.717) is 10.6 Å². The first-order valence-corrected chi connectivity index (χ1v) is 4.53. The lowest BCUT2D eigenvalue weighted by Gasteiger charge is -2.00. The van der Waals surface area contributed by atoms with Crippen LogP contribution in [-0.2, 0) is 0 Å². The van der Waals surface area contributed by atoms with Crippen LogP contribution in [-0.4, -0.2) is 10.4 Å². The minimum absolute atomic E-state index is 0.0266. The molecule has 0 spiro atoms. The second kappa shape index (κ2) is 4.12. The zero-order chi connectivity index (χ0) is 9.14. The van der Waals surface area contributed by atoms with Crippen molar-refractivity contribution in [2.24, 2.45) is 5.16 Å². The van der Waals surface area contributed by atoms with Gasteiger partial charge in [-0.3, -0.25) is 0 Å². The summed E-state index contributed by atoms with van der Waals surface area (Å²) < 4.78 is 0.823. The molecule has 0 atom stereocenters. The molecule has 0 aliphatic heterocycles. The highest BCUT2D eigenvalue weighted by atomic mass is 79.9. The third-order valence-electron chi connectivity index (χ3n) is 1.24. The molecule has 2 nitrogen and oxygen atoms in total. The molecule has 0 heterocycles. The Morgan fingerprint density at radius 3 is 2.75 bits per heavy atom. The van der Waals surface area contributed by atoms with E-state index in [0.717, 1.165) is 4.47 Å². The molecule has 1 aromatic carbocycles. The maximum absolute atomic E-state index is 8.39. The summed E-state index contributed by atoms with van der Waals surface area (Å²) in [5.74, 6) is 0. The Labute approximate surface area is 87.9 Å². The number of rotatable bonds is 1. The SMILES string of the molecule is O/N=C(/Cl)c1cc(Br)ccc1Cl. The standard InChI is InChI=1S/C7H4BrCl2NO/c8-4-1-2-6(9)5(3-4)7(10)11-12/h1-3,12H/b11-7+. The Morgan fingerprint density at radius 1 is 1.50 bits per heavy atom. The molecular formula is C7H4BrCl2NO. The Kier molecular flexibility index (Phi) is 3.38. The zero-order valence-electron chi connectivity index (χ0n) is 5.76. The van der Waals surface area contributed by atoms with E-state index in [1.165, 1.54) is 0 Å². The maximum Gasteiger partial charge on any atom is 0.176 e. The molecule has 0 aromatic heterocycles. The van der Waals surface area contributed by atoms with E-state index in [-0.39, 0.29) is 5.17 Å². The summed E-state index contributed by atoms with van der Waals surface area (Å²) in [6.07, 6.45) is 0. The molecular weight excluding hydrogens is 265 g/mol. The second-order valence-electron chi connectivity index (χ2n) is 2.01. The molecule has 0 aliphatic rings. The molecule has 0 fully saturated rings. The topological polar surface area (TPSA) is 32.6 Å². The fourth-order valence-corrected chi connectivity index (χ4v) is 1.48. The fourth-order valence-electron chi connectivity index (χ4n) is 0.709. The lowest BCUT2D eigenvalue weighted by atomic mass is 10.2. The van der Waals surface area contributed by atoms with E-state index < -0.39 is 0 Å². The third kappa shape index (κ3) is 2.12. The number of nitrogens with zero attached hydrogens (tertiary/aromatic N) is 1. The molecule has 0 amide bonds. The average Bonchev–Trinajstić information content (AvgIpc) is 2.08. The smallest absolute Gasteiger partial charge is 0.176 e.